The molecule has 0 atom stereocenters. The van der Waals surface area contributed by atoms with E-state index in [2.05, 4.69) is 15.6 Å². The van der Waals surface area contributed by atoms with E-state index in [1.165, 1.54) is 37.0 Å². The zero-order valence-corrected chi connectivity index (χ0v) is 19.8. The molecule has 0 aliphatic carbocycles. The molecule has 0 spiro atoms. The van der Waals surface area contributed by atoms with Crippen LogP contribution in [0.4, 0.5) is 9.18 Å². The van der Waals surface area contributed by atoms with Crippen LogP contribution < -0.4 is 21.1 Å². The van der Waals surface area contributed by atoms with E-state index in [1.54, 1.807) is 37.3 Å². The SMILES string of the molecule is CONC(=O)NCc1cc(F)ccc1COc1cc(C)n(-c2cc(C(=O)OC)ccc2C)c(=O)c1. The highest BCUT2D eigenvalue weighted by Gasteiger charge is 2.14. The van der Waals surface area contributed by atoms with Gasteiger partial charge in [-0.25, -0.2) is 19.5 Å². The number of hydrogen-bond acceptors (Lipinski definition) is 6. The van der Waals surface area contributed by atoms with Gasteiger partial charge in [-0.15, -0.1) is 0 Å². The molecule has 0 saturated carbocycles. The van der Waals surface area contributed by atoms with Crippen molar-refractivity contribution in [2.45, 2.75) is 27.0 Å². The summed E-state index contributed by atoms with van der Waals surface area (Å²) < 4.78 is 25.8. The molecule has 0 saturated heterocycles. The Bertz CT molecular complexity index is 1300. The van der Waals surface area contributed by atoms with Crippen LogP contribution in [0, 0.1) is 19.7 Å². The lowest BCUT2D eigenvalue weighted by molar-refractivity contribution is 0.0600. The zero-order valence-electron chi connectivity index (χ0n) is 19.8. The monoisotopic (exact) mass is 483 g/mol. The van der Waals surface area contributed by atoms with Gasteiger partial charge < -0.3 is 14.8 Å². The third-order valence-electron chi connectivity index (χ3n) is 5.26. The Balaban J connectivity index is 1.83. The lowest BCUT2D eigenvalue weighted by atomic mass is 10.1. The molecule has 35 heavy (non-hydrogen) atoms. The number of methoxy groups -OCH3 is 1. The lowest BCUT2D eigenvalue weighted by Crippen LogP contribution is -2.34. The number of pyridine rings is 1. The summed E-state index contributed by atoms with van der Waals surface area (Å²) >= 11 is 0. The average molecular weight is 483 g/mol. The van der Waals surface area contributed by atoms with Gasteiger partial charge in [-0.3, -0.25) is 14.2 Å². The molecule has 0 radical (unpaired) electrons. The molecule has 2 aromatic carbocycles. The van der Waals surface area contributed by atoms with E-state index in [0.29, 0.717) is 33.8 Å². The van der Waals surface area contributed by atoms with Gasteiger partial charge in [0.1, 0.15) is 18.2 Å². The van der Waals surface area contributed by atoms with Gasteiger partial charge in [0.25, 0.3) is 5.56 Å². The summed E-state index contributed by atoms with van der Waals surface area (Å²) in [6.45, 7) is 3.68. The largest absolute Gasteiger partial charge is 0.489 e. The number of aryl methyl sites for hydroxylation is 2. The number of hydrogen-bond donors (Lipinski definition) is 2. The lowest BCUT2D eigenvalue weighted by Gasteiger charge is -2.16. The number of nitrogens with one attached hydrogen (secondary N) is 2. The number of urea groups is 1. The number of carbonyl (C=O) groups is 2. The molecule has 0 aliphatic rings. The Morgan fingerprint density at radius 3 is 2.46 bits per heavy atom. The second-order valence-corrected chi connectivity index (χ2v) is 7.69. The summed E-state index contributed by atoms with van der Waals surface area (Å²) in [5.41, 5.74) is 5.20. The van der Waals surface area contributed by atoms with Gasteiger partial charge in [0.15, 0.2) is 0 Å². The number of hydroxylamine groups is 1. The zero-order chi connectivity index (χ0) is 25.5. The van der Waals surface area contributed by atoms with E-state index in [-0.39, 0.29) is 18.7 Å². The second-order valence-electron chi connectivity index (χ2n) is 7.69. The van der Waals surface area contributed by atoms with Crippen LogP contribution in [-0.4, -0.2) is 30.8 Å². The molecule has 2 N–H and O–H groups in total. The van der Waals surface area contributed by atoms with Crippen molar-refractivity contribution in [2.75, 3.05) is 14.2 Å². The third-order valence-corrected chi connectivity index (χ3v) is 5.26. The molecule has 184 valence electrons. The molecule has 2 amide bonds. The van der Waals surface area contributed by atoms with Crippen molar-refractivity contribution in [1.29, 1.82) is 0 Å². The maximum Gasteiger partial charge on any atom is 0.338 e. The number of benzene rings is 2. The smallest absolute Gasteiger partial charge is 0.338 e. The molecule has 3 aromatic rings. The summed E-state index contributed by atoms with van der Waals surface area (Å²) in [6, 6.07) is 11.6. The molecule has 3 rings (SSSR count). The van der Waals surface area contributed by atoms with Crippen LogP contribution in [0.2, 0.25) is 0 Å². The molecule has 0 aliphatic heterocycles. The number of esters is 1. The molecule has 9 nitrogen and oxygen atoms in total. The van der Waals surface area contributed by atoms with Crippen LogP contribution in [0.25, 0.3) is 5.69 Å². The van der Waals surface area contributed by atoms with Crippen LogP contribution in [0.5, 0.6) is 5.75 Å². The second kappa shape index (κ2) is 11.3. The number of halogens is 1. The highest BCUT2D eigenvalue weighted by atomic mass is 19.1. The highest BCUT2D eigenvalue weighted by molar-refractivity contribution is 5.90. The van der Waals surface area contributed by atoms with Crippen molar-refractivity contribution in [3.8, 4) is 11.4 Å². The number of aromatic nitrogens is 1. The first-order valence-corrected chi connectivity index (χ1v) is 10.6. The van der Waals surface area contributed by atoms with Gasteiger partial charge in [0.2, 0.25) is 0 Å². The standard InChI is InChI=1S/C25H26FN3O6/c1-15-5-6-17(24(31)33-3)11-22(15)29-16(2)9-21(12-23(29)30)35-14-18-7-8-20(26)10-19(18)13-27-25(32)28-34-4/h5-12H,13-14H2,1-4H3,(H2,27,28,32). The number of amides is 2. The number of nitrogens with zero attached hydrogens (tertiary/aromatic N) is 1. The first-order chi connectivity index (χ1) is 16.7. The quantitative estimate of drug-likeness (QED) is 0.376. The Morgan fingerprint density at radius 2 is 1.77 bits per heavy atom. The fourth-order valence-electron chi connectivity index (χ4n) is 3.52. The molecule has 0 fully saturated rings. The van der Waals surface area contributed by atoms with E-state index in [0.717, 1.165) is 5.56 Å². The summed E-state index contributed by atoms with van der Waals surface area (Å²) in [5.74, 6) is -0.632. The molecule has 1 heterocycles. The van der Waals surface area contributed by atoms with E-state index in [4.69, 9.17) is 9.47 Å². The summed E-state index contributed by atoms with van der Waals surface area (Å²) in [5, 5.41) is 2.55. The number of rotatable bonds is 8. The van der Waals surface area contributed by atoms with Gasteiger partial charge in [-0.2, -0.15) is 0 Å². The molecule has 10 heteroatoms. The van der Waals surface area contributed by atoms with Crippen molar-refractivity contribution < 1.29 is 28.3 Å². The Kier molecular flexibility index (Phi) is 8.21. The highest BCUT2D eigenvalue weighted by Crippen LogP contribution is 2.21. The molecular weight excluding hydrogens is 457 g/mol. The number of ether oxygens (including phenoxy) is 2. The van der Waals surface area contributed by atoms with Gasteiger partial charge in [-0.1, -0.05) is 12.1 Å². The topological polar surface area (TPSA) is 108 Å². The first kappa shape index (κ1) is 25.4. The van der Waals surface area contributed by atoms with Crippen molar-refractivity contribution in [1.82, 2.24) is 15.4 Å². The Morgan fingerprint density at radius 1 is 1.00 bits per heavy atom. The first-order valence-electron chi connectivity index (χ1n) is 10.6. The number of carbonyl (C=O) groups excluding carboxylic acids is 2. The van der Waals surface area contributed by atoms with Crippen molar-refractivity contribution in [3.63, 3.8) is 0 Å². The average Bonchev–Trinajstić information content (AvgIpc) is 2.82. The van der Waals surface area contributed by atoms with Crippen LogP contribution in [0.1, 0.15) is 32.7 Å². The van der Waals surface area contributed by atoms with E-state index in [1.807, 2.05) is 6.92 Å². The summed E-state index contributed by atoms with van der Waals surface area (Å²) in [4.78, 5) is 41.0. The van der Waals surface area contributed by atoms with E-state index >= 15 is 0 Å². The third kappa shape index (κ3) is 6.24. The van der Waals surface area contributed by atoms with Crippen LogP contribution >= 0.6 is 0 Å². The minimum absolute atomic E-state index is 0.0437. The van der Waals surface area contributed by atoms with Crippen molar-refractivity contribution in [3.05, 3.63) is 92.6 Å². The van der Waals surface area contributed by atoms with E-state index in [9.17, 15) is 18.8 Å². The van der Waals surface area contributed by atoms with Gasteiger partial charge >= 0.3 is 12.0 Å². The predicted octanol–water partition coefficient (Wildman–Crippen LogP) is 3.32. The van der Waals surface area contributed by atoms with Crippen molar-refractivity contribution in [2.24, 2.45) is 0 Å². The van der Waals surface area contributed by atoms with Crippen molar-refractivity contribution >= 4 is 12.0 Å². The molecule has 1 aromatic heterocycles. The van der Waals surface area contributed by atoms with Gasteiger partial charge in [0, 0.05) is 24.4 Å². The molecule has 0 unspecified atom stereocenters. The Hall–Kier alpha value is -4.18. The minimum atomic E-state index is -0.575. The maximum atomic E-state index is 13.8. The van der Waals surface area contributed by atoms with Crippen LogP contribution in [0.3, 0.4) is 0 Å². The molecular formula is C25H26FN3O6. The van der Waals surface area contributed by atoms with E-state index < -0.39 is 17.8 Å². The van der Waals surface area contributed by atoms with Crippen LogP contribution in [0.15, 0.2) is 53.3 Å². The predicted molar refractivity (Wildman–Crippen MR) is 126 cm³/mol. The van der Waals surface area contributed by atoms with Crippen LogP contribution in [-0.2, 0) is 22.7 Å². The normalized spacial score (nSPS) is 10.5. The summed E-state index contributed by atoms with van der Waals surface area (Å²) in [7, 11) is 2.59. The minimum Gasteiger partial charge on any atom is -0.489 e. The summed E-state index contributed by atoms with van der Waals surface area (Å²) in [6.07, 6.45) is 0. The Labute approximate surface area is 201 Å². The van der Waals surface area contributed by atoms with Gasteiger partial charge in [-0.05, 0) is 54.8 Å². The fraction of sp³-hybridized carbons (Fsp3) is 0.240. The maximum absolute atomic E-state index is 13.8. The fourth-order valence-corrected chi connectivity index (χ4v) is 3.52. The molecule has 0 bridgehead atoms. The van der Waals surface area contributed by atoms with Gasteiger partial charge in [0.05, 0.1) is 25.5 Å².